The van der Waals surface area contributed by atoms with Crippen LogP contribution in [0.25, 0.3) is 0 Å². The van der Waals surface area contributed by atoms with Gasteiger partial charge in [0.25, 0.3) is 0 Å². The average molecular weight is 560 g/mol. The molecule has 172 valence electrons. The van der Waals surface area contributed by atoms with Gasteiger partial charge < -0.3 is 19.5 Å². The largest absolute Gasteiger partial charge is 0.497 e. The van der Waals surface area contributed by atoms with E-state index in [0.717, 1.165) is 5.47 Å². The standard InChI is InChI=1S/C19H28BIN4O3S.C2H6/c1-18(2)19(3,4)28-20(27-18)16-13-22-8-10-25(11-9-23-15-24-14-16)17(26)7-5-6-12-29-21;1-2/h13-15H,5,7-11H2,1-4H3,(H,23,24);1-2H3/b16-14+,22-13?;. The average Bonchev–Trinajstić information content (AvgIpc) is 2.94. The van der Waals surface area contributed by atoms with Crippen molar-refractivity contribution in [1.29, 1.82) is 0 Å². The molecule has 7 nitrogen and oxygen atoms in total. The van der Waals surface area contributed by atoms with Gasteiger partial charge in [-0.1, -0.05) is 19.8 Å². The lowest BCUT2D eigenvalue weighted by Gasteiger charge is -2.32. The Morgan fingerprint density at radius 2 is 1.84 bits per heavy atom. The zero-order valence-electron chi connectivity index (χ0n) is 19.4. The van der Waals surface area contributed by atoms with Crippen molar-refractivity contribution >= 4 is 55.7 Å². The van der Waals surface area contributed by atoms with Gasteiger partial charge in [-0.15, -0.1) is 0 Å². The Kier molecular flexibility index (Phi) is 12.8. The van der Waals surface area contributed by atoms with Crippen molar-refractivity contribution in [3.8, 4) is 11.2 Å². The summed E-state index contributed by atoms with van der Waals surface area (Å²) in [6, 6.07) is 0. The lowest BCUT2D eigenvalue weighted by atomic mass is 9.79. The maximum absolute atomic E-state index is 12.5. The van der Waals surface area contributed by atoms with E-state index in [0.29, 0.717) is 39.0 Å². The van der Waals surface area contributed by atoms with Gasteiger partial charge in [-0.05, 0) is 41.9 Å². The van der Waals surface area contributed by atoms with Gasteiger partial charge >= 0.3 is 7.12 Å². The smallest absolute Gasteiger partial charge is 0.399 e. The number of nitrogens with zero attached hydrogens (tertiary/aromatic N) is 3. The second kappa shape index (κ2) is 14.2. The van der Waals surface area contributed by atoms with Crippen molar-refractivity contribution in [2.75, 3.05) is 26.2 Å². The molecule has 1 amide bonds. The fourth-order valence-electron chi connectivity index (χ4n) is 2.69. The zero-order valence-corrected chi connectivity index (χ0v) is 22.4. The number of nitrogens with one attached hydrogen (secondary N) is 1. The van der Waals surface area contributed by atoms with Gasteiger partial charge in [-0.25, -0.2) is 0 Å². The van der Waals surface area contributed by atoms with Crippen LogP contribution in [0.5, 0.6) is 0 Å². The molecule has 10 heteroatoms. The number of hydrogen-bond donors (Lipinski definition) is 1. The number of rotatable bonds is 3. The summed E-state index contributed by atoms with van der Waals surface area (Å²) in [5.41, 5.74) is -0.0712. The van der Waals surface area contributed by atoms with Crippen molar-refractivity contribution in [3.05, 3.63) is 11.7 Å². The molecule has 1 saturated heterocycles. The number of carbonyl (C=O) groups is 1. The predicted molar refractivity (Wildman–Crippen MR) is 141 cm³/mol. The summed E-state index contributed by atoms with van der Waals surface area (Å²) in [4.78, 5) is 23.1. The fraction of sp³-hybridized carbons (Fsp3) is 0.667. The molecule has 2 heterocycles. The summed E-state index contributed by atoms with van der Waals surface area (Å²) >= 11 is 2.12. The highest BCUT2D eigenvalue weighted by atomic mass is 127. The van der Waals surface area contributed by atoms with Crippen LogP contribution in [0.3, 0.4) is 0 Å². The van der Waals surface area contributed by atoms with Crippen molar-refractivity contribution in [1.82, 2.24) is 10.2 Å². The normalized spacial score (nSPS) is 21.8. The Balaban J connectivity index is 0.00000233. The molecule has 0 atom stereocenters. The van der Waals surface area contributed by atoms with Crippen LogP contribution in [0.2, 0.25) is 0 Å². The second-order valence-corrected chi connectivity index (χ2v) is 9.39. The van der Waals surface area contributed by atoms with Gasteiger partial charge in [-0.2, -0.15) is 0 Å². The number of carbonyl (C=O) groups excluding carboxylic acids is 1. The monoisotopic (exact) mass is 560 g/mol. The van der Waals surface area contributed by atoms with Gasteiger partial charge in [-0.3, -0.25) is 14.8 Å². The zero-order chi connectivity index (χ0) is 23.3. The van der Waals surface area contributed by atoms with E-state index in [1.807, 2.05) is 41.5 Å². The van der Waals surface area contributed by atoms with E-state index < -0.39 is 18.3 Å². The molecule has 2 aliphatic rings. The van der Waals surface area contributed by atoms with E-state index in [-0.39, 0.29) is 5.91 Å². The lowest BCUT2D eigenvalue weighted by molar-refractivity contribution is -0.130. The van der Waals surface area contributed by atoms with Gasteiger partial charge in [0.2, 0.25) is 5.91 Å². The first-order chi connectivity index (χ1) is 14.8. The van der Waals surface area contributed by atoms with Crippen LogP contribution in [0.15, 0.2) is 21.7 Å². The first kappa shape index (κ1) is 28.0. The quantitative estimate of drug-likeness (QED) is 0.322. The van der Waals surface area contributed by atoms with Crippen molar-refractivity contribution in [2.45, 2.75) is 65.6 Å². The van der Waals surface area contributed by atoms with Crippen LogP contribution < -0.4 is 5.32 Å². The summed E-state index contributed by atoms with van der Waals surface area (Å²) in [6.45, 7) is 14.2. The molecule has 0 radical (unpaired) electrons. The molecule has 2 aliphatic heterocycles. The molecule has 0 aromatic carbocycles. The number of halogens is 1. The third-order valence-corrected chi connectivity index (χ3v) is 5.99. The Morgan fingerprint density at radius 1 is 1.23 bits per heavy atom. The van der Waals surface area contributed by atoms with E-state index in [1.54, 1.807) is 23.7 Å². The van der Waals surface area contributed by atoms with E-state index in [4.69, 9.17) is 9.31 Å². The molecule has 0 aliphatic carbocycles. The molecule has 0 saturated carbocycles. The topological polar surface area (TPSA) is 75.5 Å². The predicted octanol–water partition coefficient (Wildman–Crippen LogP) is 3.88. The Morgan fingerprint density at radius 3 is 2.45 bits per heavy atom. The molecule has 31 heavy (non-hydrogen) atoms. The van der Waals surface area contributed by atoms with Crippen LogP contribution in [-0.4, -0.2) is 67.9 Å². The minimum atomic E-state index is -0.514. The maximum atomic E-state index is 12.5. The number of allylic oxidation sites excluding steroid dienone is 1. The lowest BCUT2D eigenvalue weighted by Crippen LogP contribution is -2.41. The third-order valence-electron chi connectivity index (χ3n) is 5.11. The van der Waals surface area contributed by atoms with Crippen molar-refractivity contribution in [3.63, 3.8) is 0 Å². The van der Waals surface area contributed by atoms with Crippen LogP contribution in [0.4, 0.5) is 0 Å². The molecule has 1 N–H and O–H groups in total. The molecule has 0 unspecified atom stereocenters. The van der Waals surface area contributed by atoms with E-state index in [9.17, 15) is 4.79 Å². The summed E-state index contributed by atoms with van der Waals surface area (Å²) in [5.74, 6) is 3.06. The highest BCUT2D eigenvalue weighted by Crippen LogP contribution is 2.38. The molecular formula is C21H34BIN4O3S. The SMILES string of the molecule is CC.CC1(C)OB(/C2=C/NC=NCCN(C(=O)CCC#CSI)CCN=C2)OC1(C)C. The van der Waals surface area contributed by atoms with Crippen LogP contribution >= 0.6 is 30.1 Å². The van der Waals surface area contributed by atoms with Gasteiger partial charge in [0.1, 0.15) is 0 Å². The maximum Gasteiger partial charge on any atom is 0.497 e. The van der Waals surface area contributed by atoms with E-state index in [1.165, 1.54) is 8.93 Å². The molecule has 0 bridgehead atoms. The molecule has 1 fully saturated rings. The molecular weight excluding hydrogens is 526 g/mol. The first-order valence-corrected chi connectivity index (χ1v) is 14.0. The Bertz CT molecular complexity index is 716. The summed E-state index contributed by atoms with van der Waals surface area (Å²) < 4.78 is 12.2. The molecule has 0 aromatic rings. The third kappa shape index (κ3) is 9.16. The van der Waals surface area contributed by atoms with Crippen LogP contribution in [0, 0.1) is 11.2 Å². The molecule has 2 rings (SSSR count). The minimum absolute atomic E-state index is 0.0786. The van der Waals surface area contributed by atoms with E-state index >= 15 is 0 Å². The Hall–Kier alpha value is -1.03. The van der Waals surface area contributed by atoms with Gasteiger partial charge in [0.05, 0.1) is 30.6 Å². The van der Waals surface area contributed by atoms with Crippen molar-refractivity contribution < 1.29 is 14.1 Å². The minimum Gasteiger partial charge on any atom is -0.399 e. The van der Waals surface area contributed by atoms with Crippen LogP contribution in [-0.2, 0) is 14.1 Å². The Labute approximate surface area is 204 Å². The van der Waals surface area contributed by atoms with E-state index in [2.05, 4.69) is 47.7 Å². The number of aliphatic imine (C=N–C) groups is 2. The van der Waals surface area contributed by atoms with Gasteiger partial charge in [0, 0.05) is 65.0 Å². The number of amides is 1. The highest BCUT2D eigenvalue weighted by molar-refractivity contribution is 14.2. The van der Waals surface area contributed by atoms with Gasteiger partial charge in [0.15, 0.2) is 0 Å². The van der Waals surface area contributed by atoms with Crippen molar-refractivity contribution in [2.24, 2.45) is 9.98 Å². The van der Waals surface area contributed by atoms with Crippen LogP contribution in [0.1, 0.15) is 54.4 Å². The summed E-state index contributed by atoms with van der Waals surface area (Å²) in [6.07, 6.45) is 6.13. The fourth-order valence-corrected chi connectivity index (χ4v) is 3.31. The number of hydrogen-bond acceptors (Lipinski definition) is 7. The molecule has 0 spiro atoms. The summed E-state index contributed by atoms with van der Waals surface area (Å²) in [7, 11) is 0.913. The first-order valence-electron chi connectivity index (χ1n) is 10.6. The highest BCUT2D eigenvalue weighted by Gasteiger charge is 2.52. The molecule has 0 aromatic heterocycles. The second-order valence-electron chi connectivity index (χ2n) is 7.71. The summed E-state index contributed by atoms with van der Waals surface area (Å²) in [5, 5.41) is 5.95.